The largest absolute Gasteiger partial charge is 0.508 e. The Kier molecular flexibility index (Phi) is 9.57. The molecule has 2 aromatic carbocycles. The van der Waals surface area contributed by atoms with Crippen molar-refractivity contribution in [2.45, 2.75) is 45.1 Å². The number of ether oxygens (including phenoxy) is 1. The van der Waals surface area contributed by atoms with E-state index < -0.39 is 0 Å². The van der Waals surface area contributed by atoms with Crippen LogP contribution >= 0.6 is 0 Å². The standard InChI is InChI=1S/C11H14O.C8H10O.CH4O/c1-2-6-10(7-3-1)12-11-8-4-5-9-11;1-2-7-3-5-8(9)6-4-7;1-2/h1-3,6-7,11H,4-5,8-9H2;3-6,9H,2H2,1H3;2H,1H3. The predicted octanol–water partition coefficient (Wildman–Crippen LogP) is 4.57. The molecule has 0 radical (unpaired) electrons. The maximum absolute atomic E-state index is 8.85. The first kappa shape index (κ1) is 19.0. The molecule has 0 saturated heterocycles. The molecule has 2 aromatic rings. The third-order valence-corrected chi connectivity index (χ3v) is 3.69. The molecule has 126 valence electrons. The number of hydrogen-bond donors (Lipinski definition) is 2. The minimum Gasteiger partial charge on any atom is -0.508 e. The molecular formula is C20H28O3. The van der Waals surface area contributed by atoms with Gasteiger partial charge in [-0.15, -0.1) is 0 Å². The van der Waals surface area contributed by atoms with Crippen LogP contribution in [0.4, 0.5) is 0 Å². The topological polar surface area (TPSA) is 49.7 Å². The van der Waals surface area contributed by atoms with Gasteiger partial charge in [0.15, 0.2) is 0 Å². The van der Waals surface area contributed by atoms with E-state index in [1.54, 1.807) is 12.1 Å². The van der Waals surface area contributed by atoms with Crippen LogP contribution in [-0.2, 0) is 6.42 Å². The summed E-state index contributed by atoms with van der Waals surface area (Å²) in [6, 6.07) is 17.4. The monoisotopic (exact) mass is 316 g/mol. The fraction of sp³-hybridized carbons (Fsp3) is 0.400. The molecule has 0 unspecified atom stereocenters. The van der Waals surface area contributed by atoms with Crippen LogP contribution in [0.5, 0.6) is 11.5 Å². The van der Waals surface area contributed by atoms with Gasteiger partial charge in [0.25, 0.3) is 0 Å². The quantitative estimate of drug-likeness (QED) is 0.872. The summed E-state index contributed by atoms with van der Waals surface area (Å²) in [4.78, 5) is 0. The van der Waals surface area contributed by atoms with Crippen molar-refractivity contribution in [1.29, 1.82) is 0 Å². The number of benzene rings is 2. The van der Waals surface area contributed by atoms with Crippen LogP contribution in [0.15, 0.2) is 54.6 Å². The molecule has 3 nitrogen and oxygen atoms in total. The van der Waals surface area contributed by atoms with E-state index in [9.17, 15) is 0 Å². The summed E-state index contributed by atoms with van der Waals surface area (Å²) >= 11 is 0. The molecule has 1 aliphatic rings. The number of hydrogen-bond acceptors (Lipinski definition) is 3. The Bertz CT molecular complexity index is 502. The van der Waals surface area contributed by atoms with E-state index in [2.05, 4.69) is 6.92 Å². The molecule has 2 N–H and O–H groups in total. The number of para-hydroxylation sites is 1. The van der Waals surface area contributed by atoms with Crippen molar-refractivity contribution < 1.29 is 14.9 Å². The smallest absolute Gasteiger partial charge is 0.119 e. The fourth-order valence-electron chi connectivity index (χ4n) is 2.43. The fourth-order valence-corrected chi connectivity index (χ4v) is 2.43. The van der Waals surface area contributed by atoms with Crippen LogP contribution in [0.3, 0.4) is 0 Å². The molecule has 0 aromatic heterocycles. The van der Waals surface area contributed by atoms with Crippen molar-refractivity contribution in [2.24, 2.45) is 0 Å². The summed E-state index contributed by atoms with van der Waals surface area (Å²) in [6.45, 7) is 2.09. The van der Waals surface area contributed by atoms with E-state index in [1.807, 2.05) is 42.5 Å². The zero-order chi connectivity index (χ0) is 16.9. The third kappa shape index (κ3) is 7.71. The van der Waals surface area contributed by atoms with Crippen LogP contribution in [0.25, 0.3) is 0 Å². The first-order chi connectivity index (χ1) is 11.3. The van der Waals surface area contributed by atoms with Crippen molar-refractivity contribution in [3.05, 3.63) is 60.2 Å². The lowest BCUT2D eigenvalue weighted by Crippen LogP contribution is -2.10. The van der Waals surface area contributed by atoms with Gasteiger partial charge in [0.05, 0.1) is 6.10 Å². The third-order valence-electron chi connectivity index (χ3n) is 3.69. The minimum atomic E-state index is 0.340. The van der Waals surface area contributed by atoms with Crippen molar-refractivity contribution in [3.8, 4) is 11.5 Å². The molecular weight excluding hydrogens is 288 g/mol. The summed E-state index contributed by atoms with van der Waals surface area (Å²) in [5.74, 6) is 1.36. The molecule has 0 amide bonds. The van der Waals surface area contributed by atoms with Gasteiger partial charge in [0.2, 0.25) is 0 Å². The van der Waals surface area contributed by atoms with E-state index in [-0.39, 0.29) is 0 Å². The van der Waals surface area contributed by atoms with Gasteiger partial charge < -0.3 is 14.9 Å². The lowest BCUT2D eigenvalue weighted by atomic mass is 10.2. The maximum Gasteiger partial charge on any atom is 0.119 e. The van der Waals surface area contributed by atoms with Gasteiger partial charge in [-0.1, -0.05) is 37.3 Å². The number of phenols is 1. The summed E-state index contributed by atoms with van der Waals surface area (Å²) < 4.78 is 5.78. The van der Waals surface area contributed by atoms with Crippen LogP contribution in [-0.4, -0.2) is 23.4 Å². The summed E-state index contributed by atoms with van der Waals surface area (Å²) in [6.07, 6.45) is 6.63. The highest BCUT2D eigenvalue weighted by Crippen LogP contribution is 2.23. The Labute approximate surface area is 139 Å². The van der Waals surface area contributed by atoms with Gasteiger partial charge in [0.1, 0.15) is 11.5 Å². The van der Waals surface area contributed by atoms with Crippen molar-refractivity contribution in [1.82, 2.24) is 0 Å². The molecule has 0 bridgehead atoms. The highest BCUT2D eigenvalue weighted by Gasteiger charge is 2.15. The average molecular weight is 316 g/mol. The van der Waals surface area contributed by atoms with Gasteiger partial charge in [-0.05, 0) is 61.9 Å². The molecule has 23 heavy (non-hydrogen) atoms. The second-order valence-corrected chi connectivity index (χ2v) is 5.36. The summed E-state index contributed by atoms with van der Waals surface area (Å²) in [5.41, 5.74) is 1.26. The highest BCUT2D eigenvalue weighted by molar-refractivity contribution is 5.25. The van der Waals surface area contributed by atoms with Crippen LogP contribution in [0, 0.1) is 0 Å². The second-order valence-electron chi connectivity index (χ2n) is 5.36. The van der Waals surface area contributed by atoms with Crippen molar-refractivity contribution in [3.63, 3.8) is 0 Å². The normalized spacial score (nSPS) is 13.3. The van der Waals surface area contributed by atoms with Gasteiger partial charge in [-0.25, -0.2) is 0 Å². The van der Waals surface area contributed by atoms with Gasteiger partial charge in [-0.2, -0.15) is 0 Å². The Morgan fingerprint density at radius 2 is 1.48 bits per heavy atom. The summed E-state index contributed by atoms with van der Waals surface area (Å²) in [5, 5.41) is 15.9. The highest BCUT2D eigenvalue weighted by atomic mass is 16.5. The first-order valence-corrected chi connectivity index (χ1v) is 8.22. The Hall–Kier alpha value is -2.00. The zero-order valence-electron chi connectivity index (χ0n) is 14.1. The molecule has 1 saturated carbocycles. The van der Waals surface area contributed by atoms with Crippen LogP contribution < -0.4 is 4.74 Å². The van der Waals surface area contributed by atoms with E-state index in [4.69, 9.17) is 14.9 Å². The Morgan fingerprint density at radius 1 is 0.913 bits per heavy atom. The molecule has 0 atom stereocenters. The van der Waals surface area contributed by atoms with E-state index in [1.165, 1.54) is 31.2 Å². The Morgan fingerprint density at radius 3 is 2.00 bits per heavy atom. The van der Waals surface area contributed by atoms with Gasteiger partial charge >= 0.3 is 0 Å². The predicted molar refractivity (Wildman–Crippen MR) is 95.0 cm³/mol. The average Bonchev–Trinajstić information content (AvgIpc) is 3.12. The number of aliphatic hydroxyl groups excluding tert-OH is 1. The first-order valence-electron chi connectivity index (χ1n) is 8.22. The zero-order valence-corrected chi connectivity index (χ0v) is 14.1. The van der Waals surface area contributed by atoms with Crippen LogP contribution in [0.1, 0.15) is 38.2 Å². The molecule has 1 aliphatic carbocycles. The molecule has 3 rings (SSSR count). The molecule has 0 spiro atoms. The number of aryl methyl sites for hydroxylation is 1. The summed E-state index contributed by atoms with van der Waals surface area (Å²) in [7, 11) is 1.00. The lowest BCUT2D eigenvalue weighted by molar-refractivity contribution is 0.210. The number of aliphatic hydroxyl groups is 1. The van der Waals surface area contributed by atoms with Crippen molar-refractivity contribution in [2.75, 3.05) is 7.11 Å². The van der Waals surface area contributed by atoms with E-state index >= 15 is 0 Å². The lowest BCUT2D eigenvalue weighted by Gasteiger charge is -2.12. The van der Waals surface area contributed by atoms with Gasteiger partial charge in [-0.3, -0.25) is 0 Å². The Balaban J connectivity index is 0.000000215. The maximum atomic E-state index is 8.85. The van der Waals surface area contributed by atoms with Gasteiger partial charge in [0, 0.05) is 7.11 Å². The van der Waals surface area contributed by atoms with Crippen molar-refractivity contribution >= 4 is 0 Å². The SMILES string of the molecule is CCc1ccc(O)cc1.CO.c1ccc(OC2CCCC2)cc1. The number of phenolic OH excluding ortho intramolecular Hbond substituents is 1. The van der Waals surface area contributed by atoms with Crippen LogP contribution in [0.2, 0.25) is 0 Å². The van der Waals surface area contributed by atoms with E-state index in [0.717, 1.165) is 19.3 Å². The molecule has 0 heterocycles. The number of rotatable bonds is 3. The molecule has 3 heteroatoms. The number of aromatic hydroxyl groups is 1. The molecule has 1 fully saturated rings. The van der Waals surface area contributed by atoms with E-state index in [0.29, 0.717) is 11.9 Å². The second kappa shape index (κ2) is 11.6. The molecule has 0 aliphatic heterocycles. The minimum absolute atomic E-state index is 0.340.